The van der Waals surface area contributed by atoms with Crippen molar-refractivity contribution in [2.24, 2.45) is 5.41 Å². The predicted octanol–water partition coefficient (Wildman–Crippen LogP) is 3.02. The van der Waals surface area contributed by atoms with Crippen LogP contribution in [0.4, 0.5) is 13.2 Å². The van der Waals surface area contributed by atoms with Gasteiger partial charge in [0.15, 0.2) is 0 Å². The first-order valence-corrected chi connectivity index (χ1v) is 5.76. The van der Waals surface area contributed by atoms with Crippen LogP contribution in [0.5, 0.6) is 0 Å². The number of hydrogen-bond acceptors (Lipinski definition) is 2. The van der Waals surface area contributed by atoms with E-state index in [0.717, 1.165) is 12.8 Å². The van der Waals surface area contributed by atoms with Crippen molar-refractivity contribution in [2.45, 2.75) is 37.7 Å². The molecule has 1 N–H and O–H groups in total. The van der Waals surface area contributed by atoms with Gasteiger partial charge < -0.3 is 5.32 Å². The fraction of sp³-hybridized carbons (Fsp3) is 1.00. The Kier molecular flexibility index (Phi) is 3.75. The van der Waals surface area contributed by atoms with Crippen LogP contribution in [0.25, 0.3) is 0 Å². The molecule has 5 heteroatoms. The van der Waals surface area contributed by atoms with Gasteiger partial charge in [-0.05, 0) is 38.6 Å². The van der Waals surface area contributed by atoms with Gasteiger partial charge in [-0.15, -0.1) is 0 Å². The van der Waals surface area contributed by atoms with Gasteiger partial charge in [0.25, 0.3) is 0 Å². The third-order valence-corrected chi connectivity index (χ3v) is 3.85. The van der Waals surface area contributed by atoms with Gasteiger partial charge in [-0.1, -0.05) is 11.8 Å². The van der Waals surface area contributed by atoms with Gasteiger partial charge in [-0.25, -0.2) is 0 Å². The zero-order valence-corrected chi connectivity index (χ0v) is 9.26. The molecule has 1 saturated carbocycles. The van der Waals surface area contributed by atoms with Crippen molar-refractivity contribution in [3.63, 3.8) is 0 Å². The van der Waals surface area contributed by atoms with Crippen molar-refractivity contribution in [2.75, 3.05) is 12.8 Å². The Morgan fingerprint density at radius 1 is 1.43 bits per heavy atom. The molecule has 0 spiro atoms. The molecule has 1 rings (SSSR count). The lowest BCUT2D eigenvalue weighted by molar-refractivity contribution is -0.0328. The van der Waals surface area contributed by atoms with Crippen LogP contribution in [0.15, 0.2) is 0 Å². The molecule has 1 nitrogen and oxygen atoms in total. The summed E-state index contributed by atoms with van der Waals surface area (Å²) in [5.74, 6) is 0.190. The van der Waals surface area contributed by atoms with Gasteiger partial charge in [0, 0.05) is 11.8 Å². The highest BCUT2D eigenvalue weighted by Gasteiger charge is 2.46. The molecule has 84 valence electrons. The quantitative estimate of drug-likeness (QED) is 0.774. The maximum atomic E-state index is 11.9. The number of alkyl halides is 3. The molecule has 0 aromatic rings. The van der Waals surface area contributed by atoms with Gasteiger partial charge in [0.05, 0.1) is 0 Å². The Morgan fingerprint density at radius 2 is 2.00 bits per heavy atom. The van der Waals surface area contributed by atoms with Gasteiger partial charge in [-0.3, -0.25) is 0 Å². The molecule has 0 amide bonds. The zero-order valence-electron chi connectivity index (χ0n) is 8.45. The van der Waals surface area contributed by atoms with Gasteiger partial charge in [-0.2, -0.15) is 13.2 Å². The Morgan fingerprint density at radius 3 is 2.36 bits per heavy atom. The fourth-order valence-electron chi connectivity index (χ4n) is 1.74. The van der Waals surface area contributed by atoms with Crippen LogP contribution in [0, 0.1) is 5.41 Å². The summed E-state index contributed by atoms with van der Waals surface area (Å²) in [4.78, 5) is 0. The second-order valence-corrected chi connectivity index (χ2v) is 5.08. The Balaban J connectivity index is 2.25. The average molecular weight is 227 g/mol. The van der Waals surface area contributed by atoms with E-state index in [-0.39, 0.29) is 22.9 Å². The molecule has 0 heterocycles. The van der Waals surface area contributed by atoms with Crippen LogP contribution >= 0.6 is 11.8 Å². The topological polar surface area (TPSA) is 12.0 Å². The molecule has 14 heavy (non-hydrogen) atoms. The smallest absolute Gasteiger partial charge is 0.317 e. The highest BCUT2D eigenvalue weighted by molar-refractivity contribution is 8.00. The first-order valence-electron chi connectivity index (χ1n) is 4.78. The molecule has 0 aromatic heterocycles. The molecule has 1 unspecified atom stereocenters. The first kappa shape index (κ1) is 12.2. The fourth-order valence-corrected chi connectivity index (χ4v) is 2.48. The van der Waals surface area contributed by atoms with E-state index in [1.54, 1.807) is 0 Å². The van der Waals surface area contributed by atoms with Crippen molar-refractivity contribution >= 4 is 11.8 Å². The Hall–Kier alpha value is 0.100. The van der Waals surface area contributed by atoms with E-state index in [9.17, 15) is 13.2 Å². The molecule has 0 aromatic carbocycles. The molecule has 1 atom stereocenters. The van der Waals surface area contributed by atoms with Crippen molar-refractivity contribution in [1.29, 1.82) is 0 Å². The van der Waals surface area contributed by atoms with Crippen LogP contribution in [-0.4, -0.2) is 24.4 Å². The average Bonchev–Trinajstić information content (AvgIpc) is 2.82. The molecule has 1 aliphatic carbocycles. The lowest BCUT2D eigenvalue weighted by Crippen LogP contribution is -2.32. The van der Waals surface area contributed by atoms with Gasteiger partial charge in [0.1, 0.15) is 0 Å². The van der Waals surface area contributed by atoms with Crippen LogP contribution < -0.4 is 5.32 Å². The number of halogens is 3. The molecule has 0 saturated heterocycles. The van der Waals surface area contributed by atoms with Crippen LogP contribution in [0.3, 0.4) is 0 Å². The first-order chi connectivity index (χ1) is 6.40. The minimum absolute atomic E-state index is 0.101. The maximum absolute atomic E-state index is 11.9. The van der Waals surface area contributed by atoms with Crippen LogP contribution in [-0.2, 0) is 0 Å². The minimum Gasteiger partial charge on any atom is -0.317 e. The van der Waals surface area contributed by atoms with Crippen molar-refractivity contribution < 1.29 is 13.2 Å². The van der Waals surface area contributed by atoms with E-state index in [1.807, 2.05) is 14.0 Å². The van der Waals surface area contributed by atoms with Gasteiger partial charge in [0.2, 0.25) is 0 Å². The SMILES string of the molecule is CNC(C)C1(CCSC(F)(F)F)CC1. The third kappa shape index (κ3) is 3.35. The summed E-state index contributed by atoms with van der Waals surface area (Å²) in [6.07, 6.45) is 2.79. The minimum atomic E-state index is -4.07. The molecule has 1 fully saturated rings. The Bertz CT molecular complexity index is 189. The summed E-state index contributed by atoms with van der Waals surface area (Å²) in [7, 11) is 1.86. The molecular weight excluding hydrogens is 211 g/mol. The standard InChI is InChI=1S/C9H16F3NS/c1-7(13-2)8(3-4-8)5-6-14-9(10,11)12/h7,13H,3-6H2,1-2H3. The summed E-state index contributed by atoms with van der Waals surface area (Å²) >= 11 is 0.101. The second kappa shape index (κ2) is 4.31. The number of rotatable bonds is 5. The highest BCUT2D eigenvalue weighted by atomic mass is 32.2. The van der Waals surface area contributed by atoms with E-state index in [1.165, 1.54) is 0 Å². The third-order valence-electron chi connectivity index (χ3n) is 3.11. The second-order valence-electron chi connectivity index (χ2n) is 3.92. The van der Waals surface area contributed by atoms with E-state index < -0.39 is 5.51 Å². The highest BCUT2D eigenvalue weighted by Crippen LogP contribution is 2.52. The van der Waals surface area contributed by atoms with Crippen LogP contribution in [0.2, 0.25) is 0 Å². The lowest BCUT2D eigenvalue weighted by Gasteiger charge is -2.22. The zero-order chi connectivity index (χ0) is 10.8. The van der Waals surface area contributed by atoms with E-state index in [0.29, 0.717) is 12.5 Å². The summed E-state index contributed by atoms with van der Waals surface area (Å²) in [5, 5.41) is 3.12. The van der Waals surface area contributed by atoms with E-state index in [4.69, 9.17) is 0 Å². The summed E-state index contributed by atoms with van der Waals surface area (Å²) < 4.78 is 35.6. The predicted molar refractivity (Wildman–Crippen MR) is 53.3 cm³/mol. The molecule has 0 bridgehead atoms. The summed E-state index contributed by atoms with van der Waals surface area (Å²) in [5.41, 5.74) is -3.92. The van der Waals surface area contributed by atoms with Crippen molar-refractivity contribution in [3.8, 4) is 0 Å². The summed E-state index contributed by atoms with van der Waals surface area (Å²) in [6, 6.07) is 0.330. The van der Waals surface area contributed by atoms with Crippen molar-refractivity contribution in [1.82, 2.24) is 5.32 Å². The molecular formula is C9H16F3NS. The number of nitrogens with one attached hydrogen (secondary N) is 1. The Labute approximate surface area is 86.8 Å². The number of hydrogen-bond donors (Lipinski definition) is 1. The normalized spacial score (nSPS) is 22.1. The van der Waals surface area contributed by atoms with E-state index >= 15 is 0 Å². The van der Waals surface area contributed by atoms with Crippen molar-refractivity contribution in [3.05, 3.63) is 0 Å². The number of thioether (sulfide) groups is 1. The van der Waals surface area contributed by atoms with Gasteiger partial charge >= 0.3 is 5.51 Å². The largest absolute Gasteiger partial charge is 0.441 e. The van der Waals surface area contributed by atoms with E-state index in [2.05, 4.69) is 5.32 Å². The summed E-state index contributed by atoms with van der Waals surface area (Å²) in [6.45, 7) is 2.05. The lowest BCUT2D eigenvalue weighted by atomic mass is 9.95. The maximum Gasteiger partial charge on any atom is 0.441 e. The molecule has 0 aliphatic heterocycles. The monoisotopic (exact) mass is 227 g/mol. The van der Waals surface area contributed by atoms with Crippen LogP contribution in [0.1, 0.15) is 26.2 Å². The molecule has 0 radical (unpaired) electrons. The molecule has 1 aliphatic rings.